The average molecular weight is 381 g/mol. The molecule has 6 heteroatoms. The molecule has 0 radical (unpaired) electrons. The van der Waals surface area contributed by atoms with E-state index < -0.39 is 17.4 Å². The van der Waals surface area contributed by atoms with Gasteiger partial charge in [0.05, 0.1) is 6.54 Å². The van der Waals surface area contributed by atoms with Gasteiger partial charge in [0.1, 0.15) is 23.8 Å². The Labute approximate surface area is 159 Å². The predicted molar refractivity (Wildman–Crippen MR) is 99.4 cm³/mol. The number of hydrogen-bond acceptors (Lipinski definition) is 3. The molecule has 27 heavy (non-hydrogen) atoms. The molecule has 1 aliphatic heterocycles. The van der Waals surface area contributed by atoms with Gasteiger partial charge in [0.2, 0.25) is 0 Å². The van der Waals surface area contributed by atoms with Gasteiger partial charge in [0.25, 0.3) is 0 Å². The van der Waals surface area contributed by atoms with Crippen molar-refractivity contribution < 1.29 is 23.0 Å². The molecule has 1 aromatic rings. The molecular formula is C21H29F2NO3. The fraction of sp³-hybridized carbons (Fsp3) is 0.667. The molecule has 2 aliphatic rings. The first-order chi connectivity index (χ1) is 12.7. The molecule has 1 aromatic carbocycles. The van der Waals surface area contributed by atoms with Gasteiger partial charge >= 0.3 is 6.09 Å². The maximum Gasteiger partial charge on any atom is 0.410 e. The molecule has 1 saturated heterocycles. The van der Waals surface area contributed by atoms with Crippen molar-refractivity contribution in [1.29, 1.82) is 0 Å². The number of rotatable bonds is 4. The number of amides is 1. The number of carbonyl (C=O) groups excluding carboxylic acids is 1. The topological polar surface area (TPSA) is 38.8 Å². The van der Waals surface area contributed by atoms with Crippen LogP contribution in [0.5, 0.6) is 5.75 Å². The Hall–Kier alpha value is -1.85. The molecule has 1 heterocycles. The van der Waals surface area contributed by atoms with Gasteiger partial charge in [-0.2, -0.15) is 0 Å². The van der Waals surface area contributed by atoms with Crippen LogP contribution >= 0.6 is 0 Å². The van der Waals surface area contributed by atoms with E-state index in [4.69, 9.17) is 9.47 Å². The third-order valence-corrected chi connectivity index (χ3v) is 5.21. The molecule has 1 atom stereocenters. The molecule has 1 aliphatic carbocycles. The van der Waals surface area contributed by atoms with Crippen LogP contribution in [0.2, 0.25) is 0 Å². The second kappa shape index (κ2) is 7.64. The summed E-state index contributed by atoms with van der Waals surface area (Å²) in [5, 5.41) is 0. The van der Waals surface area contributed by atoms with E-state index in [1.807, 2.05) is 0 Å². The zero-order valence-corrected chi connectivity index (χ0v) is 16.4. The molecule has 1 saturated carbocycles. The zero-order valence-electron chi connectivity index (χ0n) is 16.4. The molecular weight excluding hydrogens is 352 g/mol. The summed E-state index contributed by atoms with van der Waals surface area (Å²) in [5.41, 5.74) is -1.41. The fourth-order valence-corrected chi connectivity index (χ4v) is 3.85. The monoisotopic (exact) mass is 381 g/mol. The van der Waals surface area contributed by atoms with Gasteiger partial charge in [-0.3, -0.25) is 0 Å². The summed E-state index contributed by atoms with van der Waals surface area (Å²) in [6, 6.07) is 4.45. The van der Waals surface area contributed by atoms with Gasteiger partial charge in [-0.15, -0.1) is 0 Å². The summed E-state index contributed by atoms with van der Waals surface area (Å²) >= 11 is 0. The third kappa shape index (κ3) is 5.11. The number of likely N-dealkylation sites (tertiary alicyclic amines) is 1. The van der Waals surface area contributed by atoms with Crippen molar-refractivity contribution in [3.63, 3.8) is 0 Å². The Morgan fingerprint density at radius 2 is 2.00 bits per heavy atom. The molecule has 0 aromatic heterocycles. The van der Waals surface area contributed by atoms with Crippen LogP contribution in [0, 0.1) is 5.82 Å². The van der Waals surface area contributed by atoms with Crippen molar-refractivity contribution >= 4 is 6.09 Å². The number of hydrogen-bond donors (Lipinski definition) is 0. The van der Waals surface area contributed by atoms with Crippen molar-refractivity contribution in [3.8, 4) is 5.75 Å². The quantitative estimate of drug-likeness (QED) is 0.718. The summed E-state index contributed by atoms with van der Waals surface area (Å²) < 4.78 is 40.0. The number of benzene rings is 1. The molecule has 2 fully saturated rings. The lowest BCUT2D eigenvalue weighted by atomic mass is 9.96. The van der Waals surface area contributed by atoms with Crippen LogP contribution in [0.25, 0.3) is 0 Å². The molecule has 150 valence electrons. The Morgan fingerprint density at radius 3 is 2.67 bits per heavy atom. The van der Waals surface area contributed by atoms with E-state index in [1.165, 1.54) is 17.0 Å². The Bertz CT molecular complexity index is 682. The summed E-state index contributed by atoms with van der Waals surface area (Å²) in [6.45, 7) is 5.44. The lowest BCUT2D eigenvalue weighted by Crippen LogP contribution is -2.39. The summed E-state index contributed by atoms with van der Waals surface area (Å²) in [4.78, 5) is 13.5. The normalized spacial score (nSPS) is 23.7. The number of halogens is 2. The van der Waals surface area contributed by atoms with Gasteiger partial charge in [0.15, 0.2) is 5.67 Å². The maximum absolute atomic E-state index is 15.2. The second-order valence-electron chi connectivity index (χ2n) is 8.75. The molecule has 1 unspecified atom stereocenters. The Kier molecular flexibility index (Phi) is 5.63. The highest BCUT2D eigenvalue weighted by Crippen LogP contribution is 2.39. The summed E-state index contributed by atoms with van der Waals surface area (Å²) in [7, 11) is 0. The van der Waals surface area contributed by atoms with Crippen molar-refractivity contribution in [2.24, 2.45) is 0 Å². The molecule has 0 spiro atoms. The minimum Gasteiger partial charge on any atom is -0.490 e. The standard InChI is InChI=1S/C21H29F2NO3/c1-20(2,3)27-19(25)24-11-10-21(23,13-24)14-26-18-9-8-16(22)12-17(18)15-6-4-5-7-15/h8-9,12,15H,4-7,10-11,13-14H2,1-3H3. The summed E-state index contributed by atoms with van der Waals surface area (Å²) in [6.07, 6.45) is 3.96. The number of ether oxygens (including phenoxy) is 2. The highest BCUT2D eigenvalue weighted by Gasteiger charge is 2.42. The predicted octanol–water partition coefficient (Wildman–Crippen LogP) is 5.21. The lowest BCUT2D eigenvalue weighted by molar-refractivity contribution is 0.0230. The molecule has 3 rings (SSSR count). The fourth-order valence-electron chi connectivity index (χ4n) is 3.85. The zero-order chi connectivity index (χ0) is 19.7. The van der Waals surface area contributed by atoms with Crippen molar-refractivity contribution in [1.82, 2.24) is 4.90 Å². The largest absolute Gasteiger partial charge is 0.490 e. The minimum atomic E-state index is -1.63. The first kappa shape index (κ1) is 19.9. The van der Waals surface area contributed by atoms with Gasteiger partial charge in [-0.25, -0.2) is 13.6 Å². The van der Waals surface area contributed by atoms with Crippen LogP contribution < -0.4 is 4.74 Å². The van der Waals surface area contributed by atoms with Crippen LogP contribution in [0.1, 0.15) is 64.4 Å². The smallest absolute Gasteiger partial charge is 0.410 e. The van der Waals surface area contributed by atoms with E-state index in [-0.39, 0.29) is 31.3 Å². The minimum absolute atomic E-state index is 0.0537. The highest BCUT2D eigenvalue weighted by molar-refractivity contribution is 5.68. The van der Waals surface area contributed by atoms with Crippen molar-refractivity contribution in [3.05, 3.63) is 29.6 Å². The van der Waals surface area contributed by atoms with Gasteiger partial charge in [-0.05, 0) is 57.7 Å². The third-order valence-electron chi connectivity index (χ3n) is 5.21. The first-order valence-electron chi connectivity index (χ1n) is 9.74. The van der Waals surface area contributed by atoms with Gasteiger partial charge in [0, 0.05) is 18.5 Å². The first-order valence-corrected chi connectivity index (χ1v) is 9.74. The van der Waals surface area contributed by atoms with Crippen molar-refractivity contribution in [2.45, 2.75) is 70.1 Å². The van der Waals surface area contributed by atoms with E-state index in [1.54, 1.807) is 26.8 Å². The van der Waals surface area contributed by atoms with Gasteiger partial charge in [-0.1, -0.05) is 12.8 Å². The van der Waals surface area contributed by atoms with Crippen molar-refractivity contribution in [2.75, 3.05) is 19.7 Å². The molecule has 0 bridgehead atoms. The van der Waals surface area contributed by atoms with E-state index in [2.05, 4.69) is 0 Å². The maximum atomic E-state index is 15.2. The molecule has 1 amide bonds. The number of nitrogens with zero attached hydrogens (tertiary/aromatic N) is 1. The van der Waals surface area contributed by atoms with E-state index in [0.29, 0.717) is 12.3 Å². The average Bonchev–Trinajstić information content (AvgIpc) is 3.22. The molecule has 4 nitrogen and oxygen atoms in total. The number of alkyl halides is 1. The Balaban J connectivity index is 1.62. The second-order valence-corrected chi connectivity index (χ2v) is 8.75. The van der Waals surface area contributed by atoms with Crippen LogP contribution in [-0.2, 0) is 4.74 Å². The number of carbonyl (C=O) groups is 1. The van der Waals surface area contributed by atoms with Crippen LogP contribution in [0.15, 0.2) is 18.2 Å². The summed E-state index contributed by atoms with van der Waals surface area (Å²) in [5.74, 6) is 0.528. The van der Waals surface area contributed by atoms with E-state index in [9.17, 15) is 9.18 Å². The Morgan fingerprint density at radius 1 is 1.30 bits per heavy atom. The van der Waals surface area contributed by atoms with Crippen LogP contribution in [-0.4, -0.2) is 42.0 Å². The van der Waals surface area contributed by atoms with Crippen LogP contribution in [0.4, 0.5) is 13.6 Å². The highest BCUT2D eigenvalue weighted by atomic mass is 19.1. The van der Waals surface area contributed by atoms with E-state index >= 15 is 4.39 Å². The SMILES string of the molecule is CC(C)(C)OC(=O)N1CCC(F)(COc2ccc(F)cc2C2CCCC2)C1. The lowest BCUT2D eigenvalue weighted by Gasteiger charge is -2.26. The van der Waals surface area contributed by atoms with Crippen LogP contribution in [0.3, 0.4) is 0 Å². The van der Waals surface area contributed by atoms with E-state index in [0.717, 1.165) is 31.2 Å². The molecule has 0 N–H and O–H groups in total. The van der Waals surface area contributed by atoms with Gasteiger partial charge < -0.3 is 14.4 Å².